The van der Waals surface area contributed by atoms with Crippen molar-refractivity contribution in [1.82, 2.24) is 0 Å². The number of carbonyl (C=O) groups excluding carboxylic acids is 1. The van der Waals surface area contributed by atoms with E-state index in [9.17, 15) is 4.79 Å². The molecule has 1 atom stereocenters. The average molecular weight is 250 g/mol. The van der Waals surface area contributed by atoms with Gasteiger partial charge in [-0.05, 0) is 31.0 Å². The number of hydrogen-bond acceptors (Lipinski definition) is 3. The van der Waals surface area contributed by atoms with Crippen molar-refractivity contribution >= 4 is 23.4 Å². The molecule has 0 saturated carbocycles. The zero-order valence-electron chi connectivity index (χ0n) is 10.3. The SMILES string of the molecule is Cc1ccc(C)c(N2C(=O)CSCC2CN)c1. The van der Waals surface area contributed by atoms with Gasteiger partial charge in [-0.2, -0.15) is 0 Å². The molecule has 1 aromatic carbocycles. The number of carbonyl (C=O) groups is 1. The van der Waals surface area contributed by atoms with Gasteiger partial charge >= 0.3 is 0 Å². The summed E-state index contributed by atoms with van der Waals surface area (Å²) in [5, 5.41) is 0. The first-order valence-electron chi connectivity index (χ1n) is 5.80. The first-order valence-corrected chi connectivity index (χ1v) is 6.96. The van der Waals surface area contributed by atoms with Crippen molar-refractivity contribution in [3.05, 3.63) is 29.3 Å². The predicted molar refractivity (Wildman–Crippen MR) is 73.6 cm³/mol. The molecule has 1 unspecified atom stereocenters. The van der Waals surface area contributed by atoms with Gasteiger partial charge in [0.15, 0.2) is 0 Å². The normalized spacial score (nSPS) is 20.8. The van der Waals surface area contributed by atoms with Crippen molar-refractivity contribution in [1.29, 1.82) is 0 Å². The largest absolute Gasteiger partial charge is 0.328 e. The highest BCUT2D eigenvalue weighted by molar-refractivity contribution is 8.00. The van der Waals surface area contributed by atoms with Crippen molar-refractivity contribution in [2.24, 2.45) is 5.73 Å². The molecule has 0 bridgehead atoms. The topological polar surface area (TPSA) is 46.3 Å². The Labute approximate surface area is 106 Å². The van der Waals surface area contributed by atoms with Crippen LogP contribution in [0.3, 0.4) is 0 Å². The smallest absolute Gasteiger partial charge is 0.237 e. The van der Waals surface area contributed by atoms with E-state index in [0.29, 0.717) is 12.3 Å². The Kier molecular flexibility index (Phi) is 3.74. The van der Waals surface area contributed by atoms with Crippen LogP contribution in [0.5, 0.6) is 0 Å². The molecule has 0 aromatic heterocycles. The third-order valence-electron chi connectivity index (χ3n) is 3.07. The molecule has 0 aliphatic carbocycles. The standard InChI is InChI=1S/C13H18N2OS/c1-9-3-4-10(2)12(5-9)15-11(6-14)7-17-8-13(15)16/h3-5,11H,6-8,14H2,1-2H3. The lowest BCUT2D eigenvalue weighted by atomic mass is 10.1. The van der Waals surface area contributed by atoms with Crippen LogP contribution in [0.15, 0.2) is 18.2 Å². The Bertz CT molecular complexity index is 433. The molecule has 3 nitrogen and oxygen atoms in total. The van der Waals surface area contributed by atoms with Crippen LogP contribution < -0.4 is 10.6 Å². The van der Waals surface area contributed by atoms with Crippen LogP contribution in [0.1, 0.15) is 11.1 Å². The van der Waals surface area contributed by atoms with E-state index in [-0.39, 0.29) is 11.9 Å². The van der Waals surface area contributed by atoms with Crippen LogP contribution in [0.25, 0.3) is 0 Å². The summed E-state index contributed by atoms with van der Waals surface area (Å²) < 4.78 is 0. The molecule has 1 aromatic rings. The second-order valence-corrected chi connectivity index (χ2v) is 5.49. The minimum atomic E-state index is 0.127. The minimum Gasteiger partial charge on any atom is -0.328 e. The van der Waals surface area contributed by atoms with Gasteiger partial charge in [-0.15, -0.1) is 11.8 Å². The van der Waals surface area contributed by atoms with E-state index in [1.807, 2.05) is 18.7 Å². The Balaban J connectivity index is 2.41. The van der Waals surface area contributed by atoms with Gasteiger partial charge in [-0.3, -0.25) is 4.79 Å². The summed E-state index contributed by atoms with van der Waals surface area (Å²) in [6, 6.07) is 6.33. The van der Waals surface area contributed by atoms with Crippen LogP contribution in [0.2, 0.25) is 0 Å². The molecule has 1 aliphatic rings. The van der Waals surface area contributed by atoms with Gasteiger partial charge in [-0.25, -0.2) is 0 Å². The lowest BCUT2D eigenvalue weighted by Crippen LogP contribution is -2.50. The molecule has 1 saturated heterocycles. The van der Waals surface area contributed by atoms with Gasteiger partial charge in [0.1, 0.15) is 0 Å². The van der Waals surface area contributed by atoms with Crippen LogP contribution in [0.4, 0.5) is 5.69 Å². The quantitative estimate of drug-likeness (QED) is 0.869. The Morgan fingerprint density at radius 3 is 2.94 bits per heavy atom. The van der Waals surface area contributed by atoms with Crippen LogP contribution in [0, 0.1) is 13.8 Å². The lowest BCUT2D eigenvalue weighted by molar-refractivity contribution is -0.116. The first kappa shape index (κ1) is 12.5. The summed E-state index contributed by atoms with van der Waals surface area (Å²) >= 11 is 1.67. The summed E-state index contributed by atoms with van der Waals surface area (Å²) in [5.41, 5.74) is 9.10. The molecule has 0 radical (unpaired) electrons. The minimum absolute atomic E-state index is 0.127. The highest BCUT2D eigenvalue weighted by atomic mass is 32.2. The van der Waals surface area contributed by atoms with Crippen molar-refractivity contribution < 1.29 is 4.79 Å². The molecule has 0 spiro atoms. The number of amides is 1. The molecular weight excluding hydrogens is 232 g/mol. The third kappa shape index (κ3) is 2.48. The fraction of sp³-hybridized carbons (Fsp3) is 0.462. The van der Waals surface area contributed by atoms with Gasteiger partial charge in [0.2, 0.25) is 5.91 Å². The number of nitrogens with zero attached hydrogens (tertiary/aromatic N) is 1. The van der Waals surface area contributed by atoms with Gasteiger partial charge in [0.05, 0.1) is 11.8 Å². The van der Waals surface area contributed by atoms with E-state index in [0.717, 1.165) is 17.0 Å². The second-order valence-electron chi connectivity index (χ2n) is 4.46. The van der Waals surface area contributed by atoms with E-state index in [1.54, 1.807) is 11.8 Å². The van der Waals surface area contributed by atoms with E-state index < -0.39 is 0 Å². The van der Waals surface area contributed by atoms with Gasteiger partial charge < -0.3 is 10.6 Å². The highest BCUT2D eigenvalue weighted by Gasteiger charge is 2.29. The fourth-order valence-corrected chi connectivity index (χ4v) is 3.10. The summed E-state index contributed by atoms with van der Waals surface area (Å²) in [6.07, 6.45) is 0. The zero-order chi connectivity index (χ0) is 12.4. The van der Waals surface area contributed by atoms with Crippen LogP contribution >= 0.6 is 11.8 Å². The monoisotopic (exact) mass is 250 g/mol. The Morgan fingerprint density at radius 1 is 1.47 bits per heavy atom. The number of rotatable bonds is 2. The molecule has 2 N–H and O–H groups in total. The fourth-order valence-electron chi connectivity index (χ4n) is 2.11. The molecule has 4 heteroatoms. The lowest BCUT2D eigenvalue weighted by Gasteiger charge is -2.35. The van der Waals surface area contributed by atoms with Crippen molar-refractivity contribution in [2.75, 3.05) is 23.0 Å². The Morgan fingerprint density at radius 2 is 2.24 bits per heavy atom. The van der Waals surface area contributed by atoms with Crippen molar-refractivity contribution in [3.63, 3.8) is 0 Å². The average Bonchev–Trinajstić information content (AvgIpc) is 2.32. The van der Waals surface area contributed by atoms with Crippen molar-refractivity contribution in [2.45, 2.75) is 19.9 Å². The number of benzene rings is 1. The van der Waals surface area contributed by atoms with Gasteiger partial charge in [-0.1, -0.05) is 12.1 Å². The Hall–Kier alpha value is -1.00. The van der Waals surface area contributed by atoms with Crippen molar-refractivity contribution in [3.8, 4) is 0 Å². The molecule has 1 amide bonds. The first-order chi connectivity index (χ1) is 8.13. The molecule has 1 fully saturated rings. The van der Waals surface area contributed by atoms with E-state index >= 15 is 0 Å². The highest BCUT2D eigenvalue weighted by Crippen LogP contribution is 2.28. The summed E-state index contributed by atoms with van der Waals surface area (Å²) in [6.45, 7) is 4.60. The second kappa shape index (κ2) is 5.10. The maximum atomic E-state index is 12.1. The predicted octanol–water partition coefficient (Wildman–Crippen LogP) is 1.71. The molecular formula is C13H18N2OS. The maximum absolute atomic E-state index is 12.1. The zero-order valence-corrected chi connectivity index (χ0v) is 11.1. The third-order valence-corrected chi connectivity index (χ3v) is 4.14. The van der Waals surface area contributed by atoms with E-state index in [4.69, 9.17) is 5.73 Å². The molecule has 2 rings (SSSR count). The molecule has 92 valence electrons. The van der Waals surface area contributed by atoms with Gasteiger partial charge in [0.25, 0.3) is 0 Å². The van der Waals surface area contributed by atoms with E-state index in [2.05, 4.69) is 18.2 Å². The summed E-state index contributed by atoms with van der Waals surface area (Å²) in [5.74, 6) is 1.66. The number of anilines is 1. The maximum Gasteiger partial charge on any atom is 0.237 e. The molecule has 1 heterocycles. The number of aryl methyl sites for hydroxylation is 2. The summed E-state index contributed by atoms with van der Waals surface area (Å²) in [7, 11) is 0. The number of nitrogens with two attached hydrogens (primary N) is 1. The van der Waals surface area contributed by atoms with E-state index in [1.165, 1.54) is 5.56 Å². The molecule has 17 heavy (non-hydrogen) atoms. The number of thioether (sulfide) groups is 1. The summed E-state index contributed by atoms with van der Waals surface area (Å²) in [4.78, 5) is 14.0. The number of hydrogen-bond donors (Lipinski definition) is 1. The van der Waals surface area contributed by atoms with Crippen LogP contribution in [-0.4, -0.2) is 30.0 Å². The van der Waals surface area contributed by atoms with Gasteiger partial charge in [0, 0.05) is 18.0 Å². The van der Waals surface area contributed by atoms with Crippen LogP contribution in [-0.2, 0) is 4.79 Å². The molecule has 1 aliphatic heterocycles.